The van der Waals surface area contributed by atoms with Crippen LogP contribution < -0.4 is 10.6 Å². The Morgan fingerprint density at radius 2 is 1.52 bits per heavy atom. The molecule has 0 radical (unpaired) electrons. The molecule has 2 N–H and O–H groups in total. The van der Waals surface area contributed by atoms with Crippen molar-refractivity contribution in [2.45, 2.75) is 46.1 Å². The molecular weight excluding hydrogens is 352 g/mol. The lowest BCUT2D eigenvalue weighted by Crippen LogP contribution is -2.34. The van der Waals surface area contributed by atoms with Crippen molar-refractivity contribution < 1.29 is 26.3 Å². The van der Waals surface area contributed by atoms with Crippen LogP contribution in [0.1, 0.15) is 33.5 Å². The normalized spacial score (nSPS) is 13.7. The molecule has 0 amide bonds. The number of hydrogen-bond acceptors (Lipinski definition) is 5. The summed E-state index contributed by atoms with van der Waals surface area (Å²) in [5.41, 5.74) is -0.459. The molecule has 1 heterocycles. The van der Waals surface area contributed by atoms with Gasteiger partial charge in [0.2, 0.25) is 17.7 Å². The quantitative estimate of drug-likeness (QED) is 0.627. The van der Waals surface area contributed by atoms with Crippen molar-refractivity contribution in [3.05, 3.63) is 5.82 Å². The highest BCUT2D eigenvalue weighted by Gasteiger charge is 2.36. The fraction of sp³-hybridized carbons (Fsp3) is 0.643. The maximum absolute atomic E-state index is 12.6. The molecule has 0 aliphatic heterocycles. The summed E-state index contributed by atoms with van der Waals surface area (Å²) < 4.78 is 74.7. The van der Waals surface area contributed by atoms with Gasteiger partial charge in [0.15, 0.2) is 0 Å². The predicted molar refractivity (Wildman–Crippen MR) is 79.8 cm³/mol. The molecule has 0 aliphatic carbocycles. The minimum Gasteiger partial charge on any atom is -0.345 e. The first kappa shape index (κ1) is 20.8. The third-order valence-electron chi connectivity index (χ3n) is 2.47. The molecule has 5 nitrogen and oxygen atoms in total. The minimum absolute atomic E-state index is 0.244. The monoisotopic (exact) mass is 369 g/mol. The largest absolute Gasteiger partial charge is 0.408 e. The molecule has 11 heteroatoms. The van der Waals surface area contributed by atoms with Gasteiger partial charge >= 0.3 is 12.4 Å². The van der Waals surface area contributed by atoms with Crippen LogP contribution in [0.4, 0.5) is 38.2 Å². The van der Waals surface area contributed by atoms with Crippen LogP contribution in [0.15, 0.2) is 0 Å². The first-order valence-electron chi connectivity index (χ1n) is 7.09. The summed E-state index contributed by atoms with van der Waals surface area (Å²) in [5.74, 6) is 3.97. The van der Waals surface area contributed by atoms with Crippen molar-refractivity contribution in [1.29, 1.82) is 0 Å². The summed E-state index contributed by atoms with van der Waals surface area (Å²) in [7, 11) is 0. The number of alkyl halides is 6. The maximum Gasteiger partial charge on any atom is 0.408 e. The molecule has 0 bridgehead atoms. The highest BCUT2D eigenvalue weighted by atomic mass is 19.4. The average molecular weight is 369 g/mol. The number of aromatic nitrogens is 3. The van der Waals surface area contributed by atoms with Crippen molar-refractivity contribution in [3.8, 4) is 11.8 Å². The number of rotatable bonds is 4. The van der Waals surface area contributed by atoms with E-state index in [9.17, 15) is 26.3 Å². The van der Waals surface area contributed by atoms with Crippen molar-refractivity contribution in [1.82, 2.24) is 15.0 Å². The molecule has 1 aromatic heterocycles. The Kier molecular flexibility index (Phi) is 6.09. The summed E-state index contributed by atoms with van der Waals surface area (Å²) in [4.78, 5) is 10.9. The molecule has 1 atom stereocenters. The summed E-state index contributed by atoms with van der Waals surface area (Å²) >= 11 is 0. The highest BCUT2D eigenvalue weighted by molar-refractivity contribution is 5.39. The Balaban J connectivity index is 3.15. The van der Waals surface area contributed by atoms with Gasteiger partial charge in [-0.15, -0.1) is 0 Å². The van der Waals surface area contributed by atoms with Crippen molar-refractivity contribution in [3.63, 3.8) is 0 Å². The first-order valence-corrected chi connectivity index (χ1v) is 7.09. The van der Waals surface area contributed by atoms with Crippen LogP contribution in [0, 0.1) is 17.3 Å². The summed E-state index contributed by atoms with van der Waals surface area (Å²) in [6.07, 6.45) is -9.12. The van der Waals surface area contributed by atoms with E-state index >= 15 is 0 Å². The van der Waals surface area contributed by atoms with Crippen LogP contribution in [-0.4, -0.2) is 39.9 Å². The van der Waals surface area contributed by atoms with Gasteiger partial charge in [-0.2, -0.15) is 41.3 Å². The SMILES string of the molecule is CC(Nc1nc(C#CC(C)(C)C)nc(NCC(F)(F)F)n1)C(F)(F)F. The van der Waals surface area contributed by atoms with Gasteiger partial charge in [-0.3, -0.25) is 0 Å². The van der Waals surface area contributed by atoms with Gasteiger partial charge in [0.1, 0.15) is 12.6 Å². The van der Waals surface area contributed by atoms with Crippen LogP contribution in [0.2, 0.25) is 0 Å². The first-order chi connectivity index (χ1) is 11.2. The van der Waals surface area contributed by atoms with Gasteiger partial charge in [-0.25, -0.2) is 0 Å². The van der Waals surface area contributed by atoms with Crippen LogP contribution in [0.5, 0.6) is 0 Å². The number of nitrogens with one attached hydrogen (secondary N) is 2. The molecule has 1 rings (SSSR count). The molecule has 1 unspecified atom stereocenters. The summed E-state index contributed by atoms with van der Waals surface area (Å²) in [6.45, 7) is 4.70. The Morgan fingerprint density at radius 1 is 0.960 bits per heavy atom. The van der Waals surface area contributed by atoms with E-state index in [0.29, 0.717) is 0 Å². The third-order valence-corrected chi connectivity index (χ3v) is 2.47. The zero-order chi connectivity index (χ0) is 19.5. The van der Waals surface area contributed by atoms with E-state index in [1.807, 2.05) is 10.6 Å². The van der Waals surface area contributed by atoms with Gasteiger partial charge < -0.3 is 10.6 Å². The van der Waals surface area contributed by atoms with Crippen LogP contribution in [0.3, 0.4) is 0 Å². The smallest absolute Gasteiger partial charge is 0.345 e. The Hall–Kier alpha value is -2.25. The minimum atomic E-state index is -4.58. The van der Waals surface area contributed by atoms with Gasteiger partial charge in [0, 0.05) is 5.41 Å². The van der Waals surface area contributed by atoms with Crippen molar-refractivity contribution in [2.75, 3.05) is 17.2 Å². The van der Waals surface area contributed by atoms with E-state index in [-0.39, 0.29) is 5.82 Å². The maximum atomic E-state index is 12.6. The lowest BCUT2D eigenvalue weighted by Gasteiger charge is -2.17. The molecule has 0 fully saturated rings. The fourth-order valence-electron chi connectivity index (χ4n) is 1.27. The number of anilines is 2. The van der Waals surface area contributed by atoms with Crippen LogP contribution in [-0.2, 0) is 0 Å². The van der Waals surface area contributed by atoms with Gasteiger partial charge in [-0.1, -0.05) is 5.92 Å². The molecule has 0 saturated heterocycles. The summed E-state index contributed by atoms with van der Waals surface area (Å²) in [5, 5.41) is 3.88. The summed E-state index contributed by atoms with van der Waals surface area (Å²) in [6, 6.07) is -2.01. The van der Waals surface area contributed by atoms with Gasteiger partial charge in [0.05, 0.1) is 0 Å². The number of halogens is 6. The molecule has 140 valence electrons. The third kappa shape index (κ3) is 8.42. The van der Waals surface area contributed by atoms with E-state index in [1.165, 1.54) is 0 Å². The van der Waals surface area contributed by atoms with E-state index in [1.54, 1.807) is 20.8 Å². The molecular formula is C14H17F6N5. The standard InChI is InChI=1S/C14H17F6N5/c1-8(14(18,19)20)22-11-24-9(5-6-12(2,3)4)23-10(25-11)21-7-13(15,16)17/h8H,7H2,1-4H3,(H2,21,22,23,24,25). The molecule has 0 saturated carbocycles. The van der Waals surface area contributed by atoms with E-state index < -0.39 is 42.3 Å². The fourth-order valence-corrected chi connectivity index (χ4v) is 1.27. The number of hydrogen-bond donors (Lipinski definition) is 2. The lowest BCUT2D eigenvalue weighted by molar-refractivity contribution is -0.138. The van der Waals surface area contributed by atoms with E-state index in [4.69, 9.17) is 0 Å². The van der Waals surface area contributed by atoms with Crippen molar-refractivity contribution >= 4 is 11.9 Å². The number of nitrogens with zero attached hydrogens (tertiary/aromatic N) is 3. The second-order valence-corrected chi connectivity index (χ2v) is 6.18. The Bertz CT molecular complexity index is 651. The van der Waals surface area contributed by atoms with E-state index in [2.05, 4.69) is 26.8 Å². The molecule has 1 aromatic rings. The Morgan fingerprint density at radius 3 is 2.00 bits per heavy atom. The highest BCUT2D eigenvalue weighted by Crippen LogP contribution is 2.22. The second-order valence-electron chi connectivity index (χ2n) is 6.18. The topological polar surface area (TPSA) is 62.7 Å². The predicted octanol–water partition coefficient (Wildman–Crippen LogP) is 3.61. The van der Waals surface area contributed by atoms with Gasteiger partial charge in [-0.05, 0) is 33.6 Å². The Labute approximate surface area is 140 Å². The van der Waals surface area contributed by atoms with Gasteiger partial charge in [0.25, 0.3) is 0 Å². The lowest BCUT2D eigenvalue weighted by atomic mass is 9.98. The van der Waals surface area contributed by atoms with Crippen molar-refractivity contribution in [2.24, 2.45) is 5.41 Å². The second kappa shape index (κ2) is 7.33. The van der Waals surface area contributed by atoms with Crippen LogP contribution >= 0.6 is 0 Å². The molecule has 0 aliphatic rings. The average Bonchev–Trinajstić information content (AvgIpc) is 2.40. The zero-order valence-corrected chi connectivity index (χ0v) is 13.9. The zero-order valence-electron chi connectivity index (χ0n) is 13.9. The van der Waals surface area contributed by atoms with Crippen LogP contribution in [0.25, 0.3) is 0 Å². The van der Waals surface area contributed by atoms with E-state index in [0.717, 1.165) is 6.92 Å². The molecule has 0 spiro atoms. The molecule has 0 aromatic carbocycles. The molecule has 25 heavy (non-hydrogen) atoms.